The predicted octanol–water partition coefficient (Wildman–Crippen LogP) is 6.47. The number of anilines is 1. The first-order chi connectivity index (χ1) is 18.0. The average molecular weight is 502 g/mol. The zero-order valence-electron chi connectivity index (χ0n) is 22.4. The molecular weight excluding hydrogens is 462 g/mol. The number of benzene rings is 2. The highest BCUT2D eigenvalue weighted by Crippen LogP contribution is 2.28. The summed E-state index contributed by atoms with van der Waals surface area (Å²) >= 11 is 0. The van der Waals surface area contributed by atoms with E-state index in [1.54, 1.807) is 7.11 Å². The van der Waals surface area contributed by atoms with Crippen LogP contribution < -0.4 is 9.64 Å². The number of hydrogen-bond donors (Lipinski definition) is 0. The summed E-state index contributed by atoms with van der Waals surface area (Å²) in [4.78, 5) is 31.1. The van der Waals surface area contributed by atoms with Crippen molar-refractivity contribution in [2.24, 2.45) is 5.92 Å². The predicted molar refractivity (Wildman–Crippen MR) is 148 cm³/mol. The lowest BCUT2D eigenvalue weighted by atomic mass is 10.0. The summed E-state index contributed by atoms with van der Waals surface area (Å²) in [5.74, 6) is 1.15. The van der Waals surface area contributed by atoms with E-state index in [0.29, 0.717) is 36.7 Å². The molecule has 0 atom stereocenters. The second-order valence-electron chi connectivity index (χ2n) is 10.2. The van der Waals surface area contributed by atoms with Crippen LogP contribution in [0.4, 0.5) is 5.69 Å². The van der Waals surface area contributed by atoms with Crippen LogP contribution >= 0.6 is 0 Å². The largest absolute Gasteiger partial charge is 0.495 e. The molecule has 0 spiro atoms. The quantitative estimate of drug-likeness (QED) is 0.403. The molecule has 0 saturated carbocycles. The minimum absolute atomic E-state index is 0.0111. The maximum Gasteiger partial charge on any atom is 0.254 e. The molecule has 6 heteroatoms. The molecule has 0 N–H and O–H groups in total. The fourth-order valence-electron chi connectivity index (χ4n) is 5.01. The summed E-state index contributed by atoms with van der Waals surface area (Å²) in [7, 11) is 1.64. The molecular formula is C31H39N3O3. The zero-order valence-corrected chi connectivity index (χ0v) is 22.4. The van der Waals surface area contributed by atoms with Gasteiger partial charge in [0.15, 0.2) is 0 Å². The molecule has 0 fully saturated rings. The fraction of sp³-hybridized carbons (Fsp3) is 0.419. The molecule has 2 amide bonds. The molecule has 1 aliphatic rings. The van der Waals surface area contributed by atoms with Gasteiger partial charge in [-0.25, -0.2) is 0 Å². The van der Waals surface area contributed by atoms with Gasteiger partial charge in [-0.15, -0.1) is 0 Å². The molecule has 3 aromatic rings. The molecule has 0 unspecified atom stereocenters. The van der Waals surface area contributed by atoms with E-state index in [4.69, 9.17) is 4.74 Å². The van der Waals surface area contributed by atoms with E-state index < -0.39 is 0 Å². The van der Waals surface area contributed by atoms with Gasteiger partial charge in [0.2, 0.25) is 5.91 Å². The Hall–Kier alpha value is -3.54. The zero-order chi connectivity index (χ0) is 26.2. The van der Waals surface area contributed by atoms with Crippen molar-refractivity contribution in [3.8, 4) is 11.4 Å². The Morgan fingerprint density at radius 1 is 0.865 bits per heavy atom. The minimum atomic E-state index is -0.0111. The molecule has 0 radical (unpaired) electrons. The van der Waals surface area contributed by atoms with E-state index >= 15 is 0 Å². The van der Waals surface area contributed by atoms with Crippen LogP contribution in [0.1, 0.15) is 68.3 Å². The van der Waals surface area contributed by atoms with Gasteiger partial charge >= 0.3 is 0 Å². The number of nitrogens with zero attached hydrogens (tertiary/aromatic N) is 3. The van der Waals surface area contributed by atoms with Gasteiger partial charge in [0.05, 0.1) is 12.8 Å². The standard InChI is InChI=1S/C31H39N3O3/c1-24(2)21-30(35)34-20-10-6-4-5-9-19-33(23-26-13-7-8-14-27(26)34)31(36)25-15-16-29(37-3)28(22-25)32-17-11-12-18-32/h7-8,11-18,22,24H,4-6,9-10,19-21,23H2,1-3H3. The molecule has 4 rings (SSSR count). The molecule has 37 heavy (non-hydrogen) atoms. The molecule has 0 bridgehead atoms. The van der Waals surface area contributed by atoms with Crippen LogP contribution in [-0.4, -0.2) is 41.5 Å². The Morgan fingerprint density at radius 2 is 1.57 bits per heavy atom. The third-order valence-electron chi connectivity index (χ3n) is 6.93. The number of carbonyl (C=O) groups excluding carboxylic acids is 2. The van der Waals surface area contributed by atoms with Crippen LogP contribution in [0.25, 0.3) is 5.69 Å². The molecule has 2 aromatic carbocycles. The lowest BCUT2D eigenvalue weighted by Gasteiger charge is -2.30. The van der Waals surface area contributed by atoms with Gasteiger partial charge in [-0.1, -0.05) is 51.3 Å². The van der Waals surface area contributed by atoms with Crippen molar-refractivity contribution >= 4 is 17.5 Å². The van der Waals surface area contributed by atoms with E-state index in [2.05, 4.69) is 19.9 Å². The van der Waals surface area contributed by atoms with Gasteiger partial charge < -0.3 is 19.1 Å². The van der Waals surface area contributed by atoms with Gasteiger partial charge in [-0.3, -0.25) is 9.59 Å². The number of amides is 2. The lowest BCUT2D eigenvalue weighted by Crippen LogP contribution is -2.36. The van der Waals surface area contributed by atoms with E-state index in [1.807, 2.05) is 75.3 Å². The average Bonchev–Trinajstić information content (AvgIpc) is 3.43. The van der Waals surface area contributed by atoms with Crippen LogP contribution in [0.5, 0.6) is 5.75 Å². The summed E-state index contributed by atoms with van der Waals surface area (Å²) in [5.41, 5.74) is 3.39. The third kappa shape index (κ3) is 6.62. The van der Waals surface area contributed by atoms with Crippen LogP contribution in [-0.2, 0) is 11.3 Å². The van der Waals surface area contributed by atoms with Gasteiger partial charge in [0.1, 0.15) is 5.75 Å². The summed E-state index contributed by atoms with van der Waals surface area (Å²) in [6.45, 7) is 6.02. The van der Waals surface area contributed by atoms with Gasteiger partial charge in [0, 0.05) is 49.7 Å². The Balaban J connectivity index is 1.68. The fourth-order valence-corrected chi connectivity index (χ4v) is 5.01. The van der Waals surface area contributed by atoms with E-state index in [-0.39, 0.29) is 11.8 Å². The highest BCUT2D eigenvalue weighted by Gasteiger charge is 2.23. The highest BCUT2D eigenvalue weighted by atomic mass is 16.5. The van der Waals surface area contributed by atoms with E-state index in [9.17, 15) is 9.59 Å². The van der Waals surface area contributed by atoms with Gasteiger partial charge in [-0.05, 0) is 60.7 Å². The SMILES string of the molecule is COc1ccc(C(=O)N2CCCCCCCN(C(=O)CC(C)C)c3ccccc3C2)cc1-n1cccc1. The first-order valence-electron chi connectivity index (χ1n) is 13.5. The smallest absolute Gasteiger partial charge is 0.254 e. The first kappa shape index (κ1) is 26.5. The van der Waals surface area contributed by atoms with E-state index in [1.165, 1.54) is 0 Å². The number of fused-ring (bicyclic) bond motifs is 1. The summed E-state index contributed by atoms with van der Waals surface area (Å²) in [6.07, 6.45) is 9.63. The highest BCUT2D eigenvalue weighted by molar-refractivity contribution is 5.96. The summed E-state index contributed by atoms with van der Waals surface area (Å²) in [6, 6.07) is 17.6. The van der Waals surface area contributed by atoms with Gasteiger partial charge in [0.25, 0.3) is 5.91 Å². The molecule has 1 aliphatic heterocycles. The van der Waals surface area contributed by atoms with Crippen molar-refractivity contribution in [2.45, 2.75) is 58.9 Å². The number of carbonyl (C=O) groups is 2. The summed E-state index contributed by atoms with van der Waals surface area (Å²) < 4.78 is 7.52. The molecule has 6 nitrogen and oxygen atoms in total. The Kier molecular flexibility index (Phi) is 9.04. The molecule has 0 aliphatic carbocycles. The number of para-hydroxylation sites is 1. The maximum absolute atomic E-state index is 13.9. The number of aromatic nitrogens is 1. The number of methoxy groups -OCH3 is 1. The Labute approximate surface area is 220 Å². The van der Waals surface area contributed by atoms with Crippen molar-refractivity contribution in [3.63, 3.8) is 0 Å². The second kappa shape index (κ2) is 12.6. The number of ether oxygens (including phenoxy) is 1. The third-order valence-corrected chi connectivity index (χ3v) is 6.93. The molecule has 0 saturated heterocycles. The monoisotopic (exact) mass is 501 g/mol. The van der Waals surface area contributed by atoms with Crippen molar-refractivity contribution in [1.82, 2.24) is 9.47 Å². The van der Waals surface area contributed by atoms with Crippen molar-refractivity contribution in [1.29, 1.82) is 0 Å². The van der Waals surface area contributed by atoms with Crippen LogP contribution in [0.3, 0.4) is 0 Å². The summed E-state index contributed by atoms with van der Waals surface area (Å²) in [5, 5.41) is 0. The van der Waals surface area contributed by atoms with Gasteiger partial charge in [-0.2, -0.15) is 0 Å². The van der Waals surface area contributed by atoms with Crippen molar-refractivity contribution in [3.05, 3.63) is 78.1 Å². The normalized spacial score (nSPS) is 15.0. The second-order valence-corrected chi connectivity index (χ2v) is 10.2. The van der Waals surface area contributed by atoms with Crippen molar-refractivity contribution < 1.29 is 14.3 Å². The van der Waals surface area contributed by atoms with Crippen LogP contribution in [0.15, 0.2) is 67.0 Å². The molecule has 196 valence electrons. The van der Waals surface area contributed by atoms with E-state index in [0.717, 1.165) is 55.6 Å². The Bertz CT molecular complexity index is 1190. The van der Waals surface area contributed by atoms with Crippen LogP contribution in [0.2, 0.25) is 0 Å². The maximum atomic E-state index is 13.9. The first-order valence-corrected chi connectivity index (χ1v) is 13.5. The number of hydrogen-bond acceptors (Lipinski definition) is 3. The lowest BCUT2D eigenvalue weighted by molar-refractivity contribution is -0.119. The molecule has 1 aromatic heterocycles. The Morgan fingerprint density at radius 3 is 2.30 bits per heavy atom. The number of rotatable bonds is 5. The molecule has 2 heterocycles. The topological polar surface area (TPSA) is 54.8 Å². The van der Waals surface area contributed by atoms with Crippen LogP contribution in [0, 0.1) is 5.92 Å². The van der Waals surface area contributed by atoms with Crippen molar-refractivity contribution in [2.75, 3.05) is 25.1 Å². The minimum Gasteiger partial charge on any atom is -0.495 e.